The lowest BCUT2D eigenvalue weighted by molar-refractivity contribution is -0.0992. The molecule has 3 aromatic rings. The average Bonchev–Trinajstić information content (AvgIpc) is 3.33. The lowest BCUT2D eigenvalue weighted by Gasteiger charge is -2.35. The minimum Gasteiger partial charge on any atom is -0.497 e. The van der Waals surface area contributed by atoms with E-state index in [1.807, 2.05) is 0 Å². The Morgan fingerprint density at radius 2 is 1.82 bits per heavy atom. The summed E-state index contributed by atoms with van der Waals surface area (Å²) >= 11 is 0. The van der Waals surface area contributed by atoms with E-state index in [1.165, 1.54) is 49.5 Å². The third kappa shape index (κ3) is 6.99. The highest BCUT2D eigenvalue weighted by atomic mass is 32.2. The number of aromatic nitrogens is 2. The number of carbonyl (C=O) groups is 1. The number of hydrogen-bond acceptors (Lipinski definition) is 8. The number of nitrogens with two attached hydrogens (primary N) is 2. The van der Waals surface area contributed by atoms with Crippen LogP contribution in [0.3, 0.4) is 0 Å². The predicted octanol–water partition coefficient (Wildman–Crippen LogP) is 3.81. The van der Waals surface area contributed by atoms with Crippen molar-refractivity contribution in [2.24, 2.45) is 11.1 Å². The molecule has 11 nitrogen and oxygen atoms in total. The van der Waals surface area contributed by atoms with Crippen LogP contribution in [0.2, 0.25) is 0 Å². The van der Waals surface area contributed by atoms with Crippen LogP contribution in [0.1, 0.15) is 37.8 Å². The lowest BCUT2D eigenvalue weighted by Crippen LogP contribution is -2.40. The number of nitrogen functional groups attached to an aromatic ring is 1. The van der Waals surface area contributed by atoms with E-state index in [-0.39, 0.29) is 28.4 Å². The molecule has 0 aliphatic heterocycles. The first-order valence-electron chi connectivity index (χ1n) is 12.0. The van der Waals surface area contributed by atoms with Crippen molar-refractivity contribution < 1.29 is 36.2 Å². The summed E-state index contributed by atoms with van der Waals surface area (Å²) in [6.07, 6.45) is 1.21. The van der Waals surface area contributed by atoms with Crippen LogP contribution in [0.4, 0.5) is 19.3 Å². The molecule has 5 N–H and O–H groups in total. The van der Waals surface area contributed by atoms with Crippen molar-refractivity contribution in [1.29, 1.82) is 0 Å². The standard InChI is InChI=1S/C26H33F2N5O6S/c1-25(2,3)23(26(27,28)15-39-24(30)34)17-12-31-33(14-17)20-9-7-18(29)10-22(20)40(35,36)32-13-16-6-8-19(37-4)11-21(16)38-5/h6-12,14,23,32H,13,15,29H2,1-5H3,(H2,30,34). The van der Waals surface area contributed by atoms with Crippen LogP contribution in [0.25, 0.3) is 5.69 Å². The van der Waals surface area contributed by atoms with E-state index in [0.717, 1.165) is 0 Å². The zero-order valence-electron chi connectivity index (χ0n) is 22.8. The number of halogens is 2. The van der Waals surface area contributed by atoms with Crippen LogP contribution < -0.4 is 25.7 Å². The van der Waals surface area contributed by atoms with Gasteiger partial charge in [0, 0.05) is 35.6 Å². The maximum atomic E-state index is 15.2. The molecular formula is C26H33F2N5O6S. The van der Waals surface area contributed by atoms with E-state index in [4.69, 9.17) is 20.9 Å². The van der Waals surface area contributed by atoms with Gasteiger partial charge < -0.3 is 25.7 Å². The molecule has 1 aromatic heterocycles. The molecule has 0 spiro atoms. The number of nitrogens with zero attached hydrogens (tertiary/aromatic N) is 2. The van der Waals surface area contributed by atoms with Crippen molar-refractivity contribution in [2.45, 2.75) is 44.1 Å². The summed E-state index contributed by atoms with van der Waals surface area (Å²) in [4.78, 5) is 10.8. The van der Waals surface area contributed by atoms with E-state index in [0.29, 0.717) is 17.1 Å². The normalized spacial score (nSPS) is 13.1. The number of ether oxygens (including phenoxy) is 3. The molecule has 0 fully saturated rings. The van der Waals surface area contributed by atoms with Gasteiger partial charge in [-0.25, -0.2) is 31.4 Å². The summed E-state index contributed by atoms with van der Waals surface area (Å²) in [7, 11) is -1.23. The molecule has 0 bridgehead atoms. The second-order valence-electron chi connectivity index (χ2n) is 10.1. The summed E-state index contributed by atoms with van der Waals surface area (Å²) < 4.78 is 75.9. The van der Waals surface area contributed by atoms with Crippen molar-refractivity contribution in [3.63, 3.8) is 0 Å². The maximum absolute atomic E-state index is 15.2. The molecule has 1 amide bonds. The average molecular weight is 582 g/mol. The highest BCUT2D eigenvalue weighted by Gasteiger charge is 2.48. The number of alkyl halides is 2. The van der Waals surface area contributed by atoms with E-state index >= 15 is 8.78 Å². The van der Waals surface area contributed by atoms with Gasteiger partial charge in [-0.15, -0.1) is 0 Å². The minimum absolute atomic E-state index is 0.0824. The number of hydrogen-bond donors (Lipinski definition) is 3. The zero-order valence-corrected chi connectivity index (χ0v) is 23.6. The van der Waals surface area contributed by atoms with Gasteiger partial charge in [0.2, 0.25) is 10.0 Å². The monoisotopic (exact) mass is 581 g/mol. The molecule has 218 valence electrons. The molecule has 40 heavy (non-hydrogen) atoms. The van der Waals surface area contributed by atoms with Gasteiger partial charge in [0.25, 0.3) is 5.92 Å². The van der Waals surface area contributed by atoms with E-state index in [9.17, 15) is 13.2 Å². The summed E-state index contributed by atoms with van der Waals surface area (Å²) in [5.41, 5.74) is 10.7. The second-order valence-corrected chi connectivity index (χ2v) is 11.9. The minimum atomic E-state index is -4.18. The lowest BCUT2D eigenvalue weighted by atomic mass is 9.74. The number of amides is 1. The van der Waals surface area contributed by atoms with E-state index in [1.54, 1.807) is 39.0 Å². The first kappa shape index (κ1) is 30.6. The number of carbonyl (C=O) groups excluding carboxylic acids is 1. The zero-order chi connectivity index (χ0) is 29.9. The smallest absolute Gasteiger partial charge is 0.404 e. The Kier molecular flexibility index (Phi) is 8.94. The summed E-state index contributed by atoms with van der Waals surface area (Å²) in [5.74, 6) is -4.00. The fourth-order valence-electron chi connectivity index (χ4n) is 4.43. The first-order valence-corrected chi connectivity index (χ1v) is 13.5. The van der Waals surface area contributed by atoms with Gasteiger partial charge in [-0.3, -0.25) is 0 Å². The van der Waals surface area contributed by atoms with Crippen LogP contribution in [-0.4, -0.2) is 51.0 Å². The number of sulfonamides is 1. The van der Waals surface area contributed by atoms with Gasteiger partial charge in [0.05, 0.1) is 32.0 Å². The Labute approximate surface area is 231 Å². The van der Waals surface area contributed by atoms with Crippen LogP contribution in [0.5, 0.6) is 11.5 Å². The number of methoxy groups -OCH3 is 2. The van der Waals surface area contributed by atoms with Crippen molar-refractivity contribution in [1.82, 2.24) is 14.5 Å². The highest BCUT2D eigenvalue weighted by molar-refractivity contribution is 7.89. The van der Waals surface area contributed by atoms with Crippen LogP contribution >= 0.6 is 0 Å². The Bertz CT molecular complexity index is 1470. The number of nitrogens with one attached hydrogen (secondary N) is 1. The molecular weight excluding hydrogens is 548 g/mol. The van der Waals surface area contributed by atoms with Crippen molar-refractivity contribution >= 4 is 21.8 Å². The first-order chi connectivity index (χ1) is 18.6. The van der Waals surface area contributed by atoms with E-state index < -0.39 is 40.0 Å². The molecule has 1 unspecified atom stereocenters. The maximum Gasteiger partial charge on any atom is 0.404 e. The molecule has 0 saturated heterocycles. The topological polar surface area (TPSA) is 161 Å². The van der Waals surface area contributed by atoms with Gasteiger partial charge in [-0.2, -0.15) is 5.10 Å². The molecule has 0 radical (unpaired) electrons. The molecule has 3 rings (SSSR count). The van der Waals surface area contributed by atoms with Crippen molar-refractivity contribution in [3.05, 3.63) is 59.9 Å². The Morgan fingerprint density at radius 1 is 1.12 bits per heavy atom. The molecule has 0 saturated carbocycles. The van der Waals surface area contributed by atoms with Crippen LogP contribution in [0.15, 0.2) is 53.7 Å². The van der Waals surface area contributed by atoms with Gasteiger partial charge in [0.1, 0.15) is 16.4 Å². The number of rotatable bonds is 11. The summed E-state index contributed by atoms with van der Waals surface area (Å²) in [5, 5.41) is 4.18. The quantitative estimate of drug-likeness (QED) is 0.288. The summed E-state index contributed by atoms with van der Waals surface area (Å²) in [6, 6.07) is 9.10. The highest BCUT2D eigenvalue weighted by Crippen LogP contribution is 2.46. The molecule has 0 aliphatic rings. The Morgan fingerprint density at radius 3 is 2.42 bits per heavy atom. The van der Waals surface area contributed by atoms with Crippen LogP contribution in [0, 0.1) is 5.41 Å². The number of anilines is 1. The summed E-state index contributed by atoms with van der Waals surface area (Å²) in [6.45, 7) is 3.46. The van der Waals surface area contributed by atoms with Gasteiger partial charge >= 0.3 is 6.09 Å². The Hall–Kier alpha value is -3.91. The van der Waals surface area contributed by atoms with E-state index in [2.05, 4.69) is 14.6 Å². The van der Waals surface area contributed by atoms with Gasteiger partial charge in [0.15, 0.2) is 6.61 Å². The fraction of sp³-hybridized carbons (Fsp3) is 0.385. The molecule has 14 heteroatoms. The van der Waals surface area contributed by atoms with Crippen molar-refractivity contribution in [3.8, 4) is 17.2 Å². The Balaban J connectivity index is 1.98. The molecule has 0 aliphatic carbocycles. The fourth-order valence-corrected chi connectivity index (χ4v) is 5.66. The third-order valence-electron chi connectivity index (χ3n) is 6.10. The predicted molar refractivity (Wildman–Crippen MR) is 144 cm³/mol. The SMILES string of the molecule is COc1ccc(CNS(=O)(=O)c2cc(N)ccc2-n2cc(C(C(C)(C)C)C(F)(F)COC(N)=O)cn2)c(OC)c1. The third-order valence-corrected chi connectivity index (χ3v) is 7.53. The second kappa shape index (κ2) is 11.7. The van der Waals surface area contributed by atoms with Crippen molar-refractivity contribution in [2.75, 3.05) is 26.6 Å². The van der Waals surface area contributed by atoms with Gasteiger partial charge in [-0.05, 0) is 29.7 Å². The van der Waals surface area contributed by atoms with Gasteiger partial charge in [-0.1, -0.05) is 26.8 Å². The number of benzene rings is 2. The molecule has 1 heterocycles. The number of primary amides is 1. The van der Waals surface area contributed by atoms with Crippen LogP contribution in [-0.2, 0) is 21.3 Å². The molecule has 2 aromatic carbocycles. The largest absolute Gasteiger partial charge is 0.497 e. The molecule has 1 atom stereocenters.